The van der Waals surface area contributed by atoms with Gasteiger partial charge < -0.3 is 19.5 Å². The summed E-state index contributed by atoms with van der Waals surface area (Å²) >= 11 is 0. The molecule has 0 saturated carbocycles. The molecule has 1 aromatic heterocycles. The maximum Gasteiger partial charge on any atom is 0.266 e. The van der Waals surface area contributed by atoms with Gasteiger partial charge in [-0.15, -0.1) is 0 Å². The van der Waals surface area contributed by atoms with Gasteiger partial charge in [0.1, 0.15) is 5.75 Å². The minimum absolute atomic E-state index is 0.0437. The number of hydrogen-bond donors (Lipinski definition) is 1. The van der Waals surface area contributed by atoms with E-state index in [9.17, 15) is 4.79 Å². The molecule has 0 aliphatic heterocycles. The third-order valence-electron chi connectivity index (χ3n) is 4.79. The molecule has 8 nitrogen and oxygen atoms in total. The maximum absolute atomic E-state index is 12.7. The highest BCUT2D eigenvalue weighted by atomic mass is 16.6. The average Bonchev–Trinajstić information content (AvgIpc) is 3.20. The van der Waals surface area contributed by atoms with Crippen molar-refractivity contribution in [3.63, 3.8) is 0 Å². The van der Waals surface area contributed by atoms with Crippen LogP contribution in [0.15, 0.2) is 47.1 Å². The van der Waals surface area contributed by atoms with Crippen molar-refractivity contribution in [1.82, 2.24) is 10.3 Å². The summed E-state index contributed by atoms with van der Waals surface area (Å²) in [7, 11) is 3.09. The molecule has 0 saturated heterocycles. The van der Waals surface area contributed by atoms with E-state index in [0.717, 1.165) is 0 Å². The van der Waals surface area contributed by atoms with E-state index >= 15 is 0 Å². The van der Waals surface area contributed by atoms with E-state index < -0.39 is 6.10 Å². The zero-order valence-electron chi connectivity index (χ0n) is 18.6. The van der Waals surface area contributed by atoms with Crippen LogP contribution in [-0.2, 0) is 10.2 Å². The van der Waals surface area contributed by atoms with Gasteiger partial charge in [-0.1, -0.05) is 32.9 Å². The first-order valence-electron chi connectivity index (χ1n) is 9.86. The molecule has 0 spiro atoms. The van der Waals surface area contributed by atoms with E-state index in [4.69, 9.17) is 18.8 Å². The summed E-state index contributed by atoms with van der Waals surface area (Å²) in [5.74, 6) is 1.52. The molecule has 0 fully saturated rings. The number of rotatable bonds is 7. The first kappa shape index (κ1) is 22.1. The lowest BCUT2D eigenvalue weighted by Crippen LogP contribution is -2.30. The molecule has 0 radical (unpaired) electrons. The van der Waals surface area contributed by atoms with Crippen molar-refractivity contribution in [1.29, 1.82) is 0 Å². The summed E-state index contributed by atoms with van der Waals surface area (Å²) in [6, 6.07) is 12.9. The molecule has 1 N–H and O–H groups in total. The molecule has 1 amide bonds. The third-order valence-corrected chi connectivity index (χ3v) is 4.79. The molecule has 0 unspecified atom stereocenters. The lowest BCUT2D eigenvalue weighted by atomic mass is 9.87. The van der Waals surface area contributed by atoms with Gasteiger partial charge in [0.05, 0.1) is 14.2 Å². The molecule has 3 aromatic rings. The number of aromatic nitrogens is 2. The number of methoxy groups -OCH3 is 2. The number of anilines is 1. The largest absolute Gasteiger partial charge is 0.493 e. The fraction of sp³-hybridized carbons (Fsp3) is 0.348. The van der Waals surface area contributed by atoms with Crippen LogP contribution < -0.4 is 19.5 Å². The molecule has 1 atom stereocenters. The highest BCUT2D eigenvalue weighted by Gasteiger charge is 2.21. The Balaban J connectivity index is 1.71. The van der Waals surface area contributed by atoms with Gasteiger partial charge in [-0.25, -0.2) is 4.63 Å². The highest BCUT2D eigenvalue weighted by Crippen LogP contribution is 2.34. The predicted molar refractivity (Wildman–Crippen MR) is 117 cm³/mol. The van der Waals surface area contributed by atoms with E-state index in [2.05, 4.69) is 36.4 Å². The van der Waals surface area contributed by atoms with Gasteiger partial charge in [0.2, 0.25) is 5.82 Å². The van der Waals surface area contributed by atoms with Crippen molar-refractivity contribution in [3.8, 4) is 28.5 Å². The van der Waals surface area contributed by atoms with E-state index in [1.807, 2.05) is 24.3 Å². The number of carbonyl (C=O) groups excluding carboxylic acids is 1. The van der Waals surface area contributed by atoms with Crippen molar-refractivity contribution < 1.29 is 23.6 Å². The average molecular weight is 425 g/mol. The molecule has 0 bridgehead atoms. The van der Waals surface area contributed by atoms with Gasteiger partial charge in [0.15, 0.2) is 23.3 Å². The topological polar surface area (TPSA) is 95.7 Å². The Morgan fingerprint density at radius 3 is 2.29 bits per heavy atom. The van der Waals surface area contributed by atoms with Crippen LogP contribution in [0.25, 0.3) is 11.3 Å². The first-order chi connectivity index (χ1) is 14.7. The lowest BCUT2D eigenvalue weighted by Gasteiger charge is -2.20. The minimum atomic E-state index is -0.754. The Hall–Kier alpha value is -3.55. The Bertz CT molecular complexity index is 1040. The molecule has 0 aliphatic rings. The van der Waals surface area contributed by atoms with Crippen molar-refractivity contribution >= 4 is 11.7 Å². The fourth-order valence-corrected chi connectivity index (χ4v) is 2.95. The minimum Gasteiger partial charge on any atom is -0.493 e. The van der Waals surface area contributed by atoms with Crippen molar-refractivity contribution in [2.24, 2.45) is 0 Å². The van der Waals surface area contributed by atoms with Gasteiger partial charge in [-0.05, 0) is 58.5 Å². The summed E-state index contributed by atoms with van der Waals surface area (Å²) < 4.78 is 21.2. The molecular formula is C23H27N3O5. The SMILES string of the molecule is COc1ccc(-c2nonc2NC(=O)[C@@H](C)Oc2ccc(C(C)(C)C)cc2)cc1OC. The van der Waals surface area contributed by atoms with Crippen LogP contribution in [0.5, 0.6) is 17.2 Å². The monoisotopic (exact) mass is 425 g/mol. The van der Waals surface area contributed by atoms with Crippen molar-refractivity contribution in [2.45, 2.75) is 39.2 Å². The normalized spacial score (nSPS) is 12.2. The number of amides is 1. The summed E-state index contributed by atoms with van der Waals surface area (Å²) in [5.41, 5.74) is 2.25. The van der Waals surface area contributed by atoms with Crippen LogP contribution in [0.3, 0.4) is 0 Å². The summed E-state index contributed by atoms with van der Waals surface area (Å²) in [6.45, 7) is 8.08. The number of nitrogens with one attached hydrogen (secondary N) is 1. The smallest absolute Gasteiger partial charge is 0.266 e. The first-order valence-corrected chi connectivity index (χ1v) is 9.86. The van der Waals surface area contributed by atoms with Crippen LogP contribution in [0.2, 0.25) is 0 Å². The van der Waals surface area contributed by atoms with Gasteiger partial charge >= 0.3 is 0 Å². The van der Waals surface area contributed by atoms with E-state index in [-0.39, 0.29) is 17.1 Å². The van der Waals surface area contributed by atoms with Gasteiger partial charge in [-0.3, -0.25) is 4.79 Å². The van der Waals surface area contributed by atoms with Gasteiger partial charge in [0.25, 0.3) is 5.91 Å². The highest BCUT2D eigenvalue weighted by molar-refractivity contribution is 5.96. The number of carbonyl (C=O) groups is 1. The maximum atomic E-state index is 12.7. The molecule has 0 aliphatic carbocycles. The van der Waals surface area contributed by atoms with E-state index in [0.29, 0.717) is 28.5 Å². The second-order valence-corrected chi connectivity index (χ2v) is 8.05. The van der Waals surface area contributed by atoms with E-state index in [1.54, 1.807) is 39.3 Å². The molecular weight excluding hydrogens is 398 g/mol. The number of hydrogen-bond acceptors (Lipinski definition) is 7. The van der Waals surface area contributed by atoms with Crippen molar-refractivity contribution in [3.05, 3.63) is 48.0 Å². The van der Waals surface area contributed by atoms with Crippen molar-refractivity contribution in [2.75, 3.05) is 19.5 Å². The summed E-state index contributed by atoms with van der Waals surface area (Å²) in [5, 5.41) is 10.4. The van der Waals surface area contributed by atoms with Crippen LogP contribution in [0.4, 0.5) is 5.82 Å². The second kappa shape index (κ2) is 9.07. The molecule has 1 heterocycles. The zero-order chi connectivity index (χ0) is 22.6. The standard InChI is InChI=1S/C23H27N3O5/c1-14(30-17-10-8-16(9-11-17)23(2,3)4)22(27)24-21-20(25-31-26-21)15-7-12-18(28-5)19(13-15)29-6/h7-14H,1-6H3,(H,24,26,27)/t14-/m1/s1. The number of nitrogens with zero attached hydrogens (tertiary/aromatic N) is 2. The lowest BCUT2D eigenvalue weighted by molar-refractivity contribution is -0.122. The predicted octanol–water partition coefficient (Wildman–Crippen LogP) is 4.46. The molecule has 164 valence electrons. The Morgan fingerprint density at radius 2 is 1.68 bits per heavy atom. The second-order valence-electron chi connectivity index (χ2n) is 8.05. The third kappa shape index (κ3) is 5.14. The van der Waals surface area contributed by atoms with Crippen LogP contribution in [0.1, 0.15) is 33.3 Å². The van der Waals surface area contributed by atoms with Gasteiger partial charge in [0, 0.05) is 5.56 Å². The Morgan fingerprint density at radius 1 is 1.00 bits per heavy atom. The summed E-state index contributed by atoms with van der Waals surface area (Å²) in [4.78, 5) is 12.7. The molecule has 3 rings (SSSR count). The van der Waals surface area contributed by atoms with E-state index in [1.165, 1.54) is 5.56 Å². The molecule has 8 heteroatoms. The van der Waals surface area contributed by atoms with Gasteiger partial charge in [-0.2, -0.15) is 0 Å². The number of benzene rings is 2. The van der Waals surface area contributed by atoms with Crippen LogP contribution >= 0.6 is 0 Å². The zero-order valence-corrected chi connectivity index (χ0v) is 18.6. The fourth-order valence-electron chi connectivity index (χ4n) is 2.95. The summed E-state index contributed by atoms with van der Waals surface area (Å²) in [6.07, 6.45) is -0.754. The molecule has 2 aromatic carbocycles. The molecule has 31 heavy (non-hydrogen) atoms. The van der Waals surface area contributed by atoms with Crippen LogP contribution in [0, 0.1) is 0 Å². The number of ether oxygens (including phenoxy) is 3. The Labute approximate surface area is 181 Å². The van der Waals surface area contributed by atoms with Crippen LogP contribution in [-0.4, -0.2) is 36.5 Å². The Kier molecular flexibility index (Phi) is 6.48. The quantitative estimate of drug-likeness (QED) is 0.597.